The van der Waals surface area contributed by atoms with Gasteiger partial charge in [0.25, 0.3) is 0 Å². The summed E-state index contributed by atoms with van der Waals surface area (Å²) in [5, 5.41) is 8.61. The molecule has 0 amide bonds. The van der Waals surface area contributed by atoms with E-state index >= 15 is 0 Å². The van der Waals surface area contributed by atoms with Gasteiger partial charge in [-0.05, 0) is 48.9 Å². The summed E-state index contributed by atoms with van der Waals surface area (Å²) < 4.78 is 31.9. The van der Waals surface area contributed by atoms with E-state index in [4.69, 9.17) is 10.00 Å². The summed E-state index contributed by atoms with van der Waals surface area (Å²) in [4.78, 5) is 0. The summed E-state index contributed by atoms with van der Waals surface area (Å²) in [5.74, 6) is -0.629. The number of aryl methyl sites for hydroxylation is 1. The second kappa shape index (κ2) is 4.84. The van der Waals surface area contributed by atoms with E-state index in [1.165, 1.54) is 30.3 Å². The molecule has 2 aromatic rings. The van der Waals surface area contributed by atoms with Crippen LogP contribution in [0.15, 0.2) is 36.4 Å². The second-order valence-corrected chi connectivity index (χ2v) is 3.77. The summed E-state index contributed by atoms with van der Waals surface area (Å²) >= 11 is 0. The number of nitrogens with zero attached hydrogens (tertiary/aromatic N) is 1. The molecule has 0 aliphatic carbocycles. The van der Waals surface area contributed by atoms with Crippen molar-refractivity contribution in [2.24, 2.45) is 0 Å². The zero-order chi connectivity index (χ0) is 13.1. The highest BCUT2D eigenvalue weighted by Crippen LogP contribution is 2.26. The molecule has 0 radical (unpaired) electrons. The Labute approximate surface area is 103 Å². The third-order valence-corrected chi connectivity index (χ3v) is 2.42. The van der Waals surface area contributed by atoms with Gasteiger partial charge < -0.3 is 4.74 Å². The highest BCUT2D eigenvalue weighted by atomic mass is 19.1. The number of hydrogen-bond donors (Lipinski definition) is 0. The molecule has 4 heteroatoms. The fourth-order valence-electron chi connectivity index (χ4n) is 1.46. The van der Waals surface area contributed by atoms with Gasteiger partial charge in [0.2, 0.25) is 0 Å². The number of nitriles is 1. The second-order valence-electron chi connectivity index (χ2n) is 3.77. The minimum atomic E-state index is -0.629. The lowest BCUT2D eigenvalue weighted by Gasteiger charge is -2.07. The number of benzene rings is 2. The molecule has 0 fully saturated rings. The van der Waals surface area contributed by atoms with Crippen molar-refractivity contribution in [2.75, 3.05) is 0 Å². The van der Waals surface area contributed by atoms with E-state index in [2.05, 4.69) is 0 Å². The SMILES string of the molecule is Cc1cc(Oc2ccc(C#N)cc2F)ccc1F. The molecule has 0 saturated heterocycles. The fraction of sp³-hybridized carbons (Fsp3) is 0.0714. The maximum absolute atomic E-state index is 13.6. The molecule has 0 aromatic heterocycles. The predicted molar refractivity (Wildman–Crippen MR) is 62.3 cm³/mol. The minimum absolute atomic E-state index is 0.00000756. The third-order valence-electron chi connectivity index (χ3n) is 2.42. The Morgan fingerprint density at radius 2 is 1.83 bits per heavy atom. The molecule has 18 heavy (non-hydrogen) atoms. The van der Waals surface area contributed by atoms with Crippen molar-refractivity contribution in [3.8, 4) is 17.6 Å². The van der Waals surface area contributed by atoms with E-state index in [9.17, 15) is 8.78 Å². The van der Waals surface area contributed by atoms with E-state index in [1.807, 2.05) is 6.07 Å². The molecule has 0 saturated carbocycles. The van der Waals surface area contributed by atoms with Crippen molar-refractivity contribution < 1.29 is 13.5 Å². The molecule has 2 rings (SSSR count). The molecule has 2 aromatic carbocycles. The molecule has 0 bridgehead atoms. The van der Waals surface area contributed by atoms with Crippen LogP contribution in [-0.2, 0) is 0 Å². The van der Waals surface area contributed by atoms with Crippen molar-refractivity contribution in [1.29, 1.82) is 5.26 Å². The van der Waals surface area contributed by atoms with Gasteiger partial charge in [-0.2, -0.15) is 5.26 Å². The molecule has 0 heterocycles. The van der Waals surface area contributed by atoms with Crippen molar-refractivity contribution >= 4 is 0 Å². The van der Waals surface area contributed by atoms with Gasteiger partial charge >= 0.3 is 0 Å². The lowest BCUT2D eigenvalue weighted by molar-refractivity contribution is 0.440. The zero-order valence-electron chi connectivity index (χ0n) is 9.58. The van der Waals surface area contributed by atoms with Crippen LogP contribution in [0, 0.1) is 29.9 Å². The Kier molecular flexibility index (Phi) is 3.24. The van der Waals surface area contributed by atoms with Gasteiger partial charge in [-0.15, -0.1) is 0 Å². The monoisotopic (exact) mass is 245 g/mol. The van der Waals surface area contributed by atoms with Crippen LogP contribution in [0.5, 0.6) is 11.5 Å². The van der Waals surface area contributed by atoms with E-state index in [-0.39, 0.29) is 17.1 Å². The Balaban J connectivity index is 2.29. The van der Waals surface area contributed by atoms with Gasteiger partial charge in [-0.1, -0.05) is 0 Å². The normalized spacial score (nSPS) is 9.89. The number of hydrogen-bond acceptors (Lipinski definition) is 2. The third kappa shape index (κ3) is 2.46. The molecular weight excluding hydrogens is 236 g/mol. The molecule has 90 valence electrons. The first-order valence-corrected chi connectivity index (χ1v) is 5.24. The van der Waals surface area contributed by atoms with Gasteiger partial charge in [0.15, 0.2) is 11.6 Å². The zero-order valence-corrected chi connectivity index (χ0v) is 9.58. The van der Waals surface area contributed by atoms with Gasteiger partial charge in [0.05, 0.1) is 11.6 Å². The largest absolute Gasteiger partial charge is 0.454 e. The molecule has 2 nitrogen and oxygen atoms in total. The molecule has 0 atom stereocenters. The Morgan fingerprint density at radius 1 is 1.06 bits per heavy atom. The maximum Gasteiger partial charge on any atom is 0.167 e. The standard InChI is InChI=1S/C14H9F2NO/c1-9-6-11(3-4-12(9)15)18-14-5-2-10(8-17)7-13(14)16/h2-7H,1H3. The molecule has 0 unspecified atom stereocenters. The number of halogens is 2. The van der Waals surface area contributed by atoms with Crippen molar-refractivity contribution in [3.05, 3.63) is 59.2 Å². The molecule has 0 spiro atoms. The Hall–Kier alpha value is -2.41. The lowest BCUT2D eigenvalue weighted by Crippen LogP contribution is -1.91. The van der Waals surface area contributed by atoms with E-state index in [1.54, 1.807) is 6.92 Å². The van der Waals surface area contributed by atoms with Crippen LogP contribution < -0.4 is 4.74 Å². The first-order chi connectivity index (χ1) is 8.60. The average molecular weight is 245 g/mol. The Bertz CT molecular complexity index is 632. The summed E-state index contributed by atoms with van der Waals surface area (Å²) in [6, 6.07) is 9.89. The quantitative estimate of drug-likeness (QED) is 0.802. The maximum atomic E-state index is 13.6. The van der Waals surface area contributed by atoms with E-state index in [0.717, 1.165) is 6.07 Å². The summed E-state index contributed by atoms with van der Waals surface area (Å²) in [6.07, 6.45) is 0. The molecule has 0 N–H and O–H groups in total. The van der Waals surface area contributed by atoms with Crippen LogP contribution in [-0.4, -0.2) is 0 Å². The average Bonchev–Trinajstić information content (AvgIpc) is 2.36. The summed E-state index contributed by atoms with van der Waals surface area (Å²) in [5.41, 5.74) is 0.636. The van der Waals surface area contributed by atoms with Crippen molar-refractivity contribution in [2.45, 2.75) is 6.92 Å². The van der Waals surface area contributed by atoms with E-state index < -0.39 is 5.82 Å². The molecular formula is C14H9F2NO. The highest BCUT2D eigenvalue weighted by Gasteiger charge is 2.07. The summed E-state index contributed by atoms with van der Waals surface area (Å²) in [6.45, 7) is 1.59. The minimum Gasteiger partial charge on any atom is -0.454 e. The van der Waals surface area contributed by atoms with Gasteiger partial charge in [-0.25, -0.2) is 8.78 Å². The highest BCUT2D eigenvalue weighted by molar-refractivity contribution is 5.39. The predicted octanol–water partition coefficient (Wildman–Crippen LogP) is 3.94. The van der Waals surface area contributed by atoms with Crippen LogP contribution in [0.3, 0.4) is 0 Å². The Morgan fingerprint density at radius 3 is 2.44 bits per heavy atom. The fourth-order valence-corrected chi connectivity index (χ4v) is 1.46. The molecule has 0 aliphatic rings. The van der Waals surface area contributed by atoms with E-state index in [0.29, 0.717) is 11.3 Å². The van der Waals surface area contributed by atoms with Crippen LogP contribution in [0.2, 0.25) is 0 Å². The number of ether oxygens (including phenoxy) is 1. The lowest BCUT2D eigenvalue weighted by atomic mass is 10.2. The van der Waals surface area contributed by atoms with Crippen LogP contribution in [0.25, 0.3) is 0 Å². The number of rotatable bonds is 2. The van der Waals surface area contributed by atoms with Gasteiger partial charge in [0, 0.05) is 0 Å². The summed E-state index contributed by atoms with van der Waals surface area (Å²) in [7, 11) is 0. The smallest absolute Gasteiger partial charge is 0.167 e. The topological polar surface area (TPSA) is 33.0 Å². The first-order valence-electron chi connectivity index (χ1n) is 5.24. The van der Waals surface area contributed by atoms with Gasteiger partial charge in [-0.3, -0.25) is 0 Å². The van der Waals surface area contributed by atoms with Crippen LogP contribution >= 0.6 is 0 Å². The van der Waals surface area contributed by atoms with Crippen LogP contribution in [0.4, 0.5) is 8.78 Å². The first kappa shape index (κ1) is 12.1. The van der Waals surface area contributed by atoms with Crippen molar-refractivity contribution in [1.82, 2.24) is 0 Å². The molecule has 0 aliphatic heterocycles. The van der Waals surface area contributed by atoms with Crippen molar-refractivity contribution in [3.63, 3.8) is 0 Å². The van der Waals surface area contributed by atoms with Gasteiger partial charge in [0.1, 0.15) is 11.6 Å². The van der Waals surface area contributed by atoms with Crippen LogP contribution in [0.1, 0.15) is 11.1 Å².